The molecule has 114 valence electrons. The maximum atomic E-state index is 12.8. The smallest absolute Gasteiger partial charge is 0.250 e. The van der Waals surface area contributed by atoms with Crippen LogP contribution in [0.15, 0.2) is 24.3 Å². The number of benzene rings is 1. The molecule has 3 aliphatic heterocycles. The molecule has 0 radical (unpaired) electrons. The highest BCUT2D eigenvalue weighted by molar-refractivity contribution is 6.15. The van der Waals surface area contributed by atoms with Crippen molar-refractivity contribution in [3.05, 3.63) is 29.8 Å². The van der Waals surface area contributed by atoms with Crippen molar-refractivity contribution in [1.82, 2.24) is 10.2 Å². The minimum absolute atomic E-state index is 0.174. The predicted octanol–water partition coefficient (Wildman–Crippen LogP) is 0.447. The standard InChI is InChI=1S/C16H17N3O3/c1-3-19-13(20)11-8(2)18-16(12(11)14(19)21)9-6-4-5-7-10(9)17-15(16)22/h4-8,11-12,18H,3H2,1-2H3,(H,17,22)/t8-,11+,12-,16-/m0/s1. The second-order valence-corrected chi connectivity index (χ2v) is 6.16. The Morgan fingerprint density at radius 1 is 1.18 bits per heavy atom. The highest BCUT2D eigenvalue weighted by Crippen LogP contribution is 2.52. The molecule has 22 heavy (non-hydrogen) atoms. The fraction of sp³-hybridized carbons (Fsp3) is 0.438. The highest BCUT2D eigenvalue weighted by Gasteiger charge is 2.69. The Kier molecular flexibility index (Phi) is 2.55. The molecular weight excluding hydrogens is 282 g/mol. The van der Waals surface area contributed by atoms with Gasteiger partial charge >= 0.3 is 0 Å². The van der Waals surface area contributed by atoms with Crippen molar-refractivity contribution < 1.29 is 14.4 Å². The van der Waals surface area contributed by atoms with E-state index in [0.717, 1.165) is 5.56 Å². The molecule has 6 nitrogen and oxygen atoms in total. The van der Waals surface area contributed by atoms with Crippen molar-refractivity contribution >= 4 is 23.4 Å². The number of anilines is 1. The molecule has 6 heteroatoms. The number of carbonyl (C=O) groups excluding carboxylic acids is 3. The second-order valence-electron chi connectivity index (χ2n) is 6.16. The topological polar surface area (TPSA) is 78.5 Å². The number of hydrogen-bond acceptors (Lipinski definition) is 4. The van der Waals surface area contributed by atoms with Crippen molar-refractivity contribution in [1.29, 1.82) is 0 Å². The van der Waals surface area contributed by atoms with Crippen LogP contribution in [0.4, 0.5) is 5.69 Å². The number of nitrogens with one attached hydrogen (secondary N) is 2. The maximum absolute atomic E-state index is 12.8. The maximum Gasteiger partial charge on any atom is 0.250 e. The van der Waals surface area contributed by atoms with Gasteiger partial charge in [-0.15, -0.1) is 0 Å². The van der Waals surface area contributed by atoms with Gasteiger partial charge in [-0.2, -0.15) is 0 Å². The molecule has 3 heterocycles. The van der Waals surface area contributed by atoms with E-state index < -0.39 is 17.4 Å². The molecule has 0 bridgehead atoms. The number of nitrogens with zero attached hydrogens (tertiary/aromatic N) is 1. The number of amides is 3. The van der Waals surface area contributed by atoms with E-state index in [-0.39, 0.29) is 23.8 Å². The van der Waals surface area contributed by atoms with E-state index in [1.807, 2.05) is 31.2 Å². The van der Waals surface area contributed by atoms with E-state index in [9.17, 15) is 14.4 Å². The number of likely N-dealkylation sites (tertiary alicyclic amines) is 1. The Bertz CT molecular complexity index is 716. The van der Waals surface area contributed by atoms with E-state index in [1.165, 1.54) is 4.90 Å². The summed E-state index contributed by atoms with van der Waals surface area (Å²) < 4.78 is 0. The molecule has 0 saturated carbocycles. The highest BCUT2D eigenvalue weighted by atomic mass is 16.2. The molecule has 3 aliphatic rings. The summed E-state index contributed by atoms with van der Waals surface area (Å²) in [7, 11) is 0. The fourth-order valence-electron chi connectivity index (χ4n) is 4.29. The summed E-state index contributed by atoms with van der Waals surface area (Å²) in [6.07, 6.45) is 0. The van der Waals surface area contributed by atoms with Crippen LogP contribution < -0.4 is 10.6 Å². The molecule has 2 saturated heterocycles. The van der Waals surface area contributed by atoms with Crippen molar-refractivity contribution in [2.45, 2.75) is 25.4 Å². The van der Waals surface area contributed by atoms with Crippen LogP contribution in [0.1, 0.15) is 19.4 Å². The average Bonchev–Trinajstić information content (AvgIpc) is 3.05. The first-order chi connectivity index (χ1) is 10.5. The normalized spacial score (nSPS) is 36.0. The molecule has 0 aromatic heterocycles. The molecular formula is C16H17N3O3. The number of fused-ring (bicyclic) bond motifs is 4. The number of para-hydroxylation sites is 1. The first-order valence-corrected chi connectivity index (χ1v) is 7.56. The van der Waals surface area contributed by atoms with Gasteiger partial charge in [0.15, 0.2) is 0 Å². The summed E-state index contributed by atoms with van der Waals surface area (Å²) in [5, 5.41) is 6.11. The van der Waals surface area contributed by atoms with Gasteiger partial charge in [0.25, 0.3) is 0 Å². The third-order valence-electron chi connectivity index (χ3n) is 5.18. The zero-order chi connectivity index (χ0) is 15.6. The largest absolute Gasteiger partial charge is 0.324 e. The summed E-state index contributed by atoms with van der Waals surface area (Å²) in [5.41, 5.74) is 0.346. The van der Waals surface area contributed by atoms with Crippen LogP contribution in [-0.2, 0) is 19.9 Å². The van der Waals surface area contributed by atoms with E-state index in [0.29, 0.717) is 12.2 Å². The quantitative estimate of drug-likeness (QED) is 0.738. The average molecular weight is 299 g/mol. The van der Waals surface area contributed by atoms with Crippen molar-refractivity contribution in [2.24, 2.45) is 11.8 Å². The lowest BCUT2D eigenvalue weighted by atomic mass is 9.76. The third kappa shape index (κ3) is 1.31. The molecule has 0 unspecified atom stereocenters. The van der Waals surface area contributed by atoms with Gasteiger partial charge in [0.05, 0.1) is 11.8 Å². The number of rotatable bonds is 1. The molecule has 1 aromatic carbocycles. The van der Waals surface area contributed by atoms with Gasteiger partial charge < -0.3 is 5.32 Å². The Morgan fingerprint density at radius 2 is 1.91 bits per heavy atom. The Morgan fingerprint density at radius 3 is 2.64 bits per heavy atom. The molecule has 2 fully saturated rings. The summed E-state index contributed by atoms with van der Waals surface area (Å²) in [5.74, 6) is -1.82. The van der Waals surface area contributed by atoms with Crippen LogP contribution in [0.2, 0.25) is 0 Å². The number of carbonyl (C=O) groups is 3. The molecule has 1 aromatic rings. The zero-order valence-corrected chi connectivity index (χ0v) is 12.4. The van der Waals surface area contributed by atoms with Crippen LogP contribution in [0.5, 0.6) is 0 Å². The zero-order valence-electron chi connectivity index (χ0n) is 12.4. The fourth-order valence-corrected chi connectivity index (χ4v) is 4.29. The second kappa shape index (κ2) is 4.16. The summed E-state index contributed by atoms with van der Waals surface area (Å²) >= 11 is 0. The Hall–Kier alpha value is -2.21. The molecule has 0 aliphatic carbocycles. The molecule has 2 N–H and O–H groups in total. The lowest BCUT2D eigenvalue weighted by Crippen LogP contribution is -2.52. The van der Waals surface area contributed by atoms with E-state index in [2.05, 4.69) is 10.6 Å². The first-order valence-electron chi connectivity index (χ1n) is 7.56. The minimum atomic E-state index is -1.13. The van der Waals surface area contributed by atoms with E-state index >= 15 is 0 Å². The van der Waals surface area contributed by atoms with Gasteiger partial charge in [0, 0.05) is 23.8 Å². The van der Waals surface area contributed by atoms with Gasteiger partial charge in [0.1, 0.15) is 5.54 Å². The lowest BCUT2D eigenvalue weighted by Gasteiger charge is -2.28. The van der Waals surface area contributed by atoms with Crippen LogP contribution in [0.25, 0.3) is 0 Å². The van der Waals surface area contributed by atoms with Crippen LogP contribution >= 0.6 is 0 Å². The third-order valence-corrected chi connectivity index (χ3v) is 5.18. The van der Waals surface area contributed by atoms with Gasteiger partial charge in [-0.3, -0.25) is 24.6 Å². The number of imide groups is 1. The van der Waals surface area contributed by atoms with Gasteiger partial charge in [-0.05, 0) is 19.9 Å². The van der Waals surface area contributed by atoms with Gasteiger partial charge in [-0.1, -0.05) is 18.2 Å². The van der Waals surface area contributed by atoms with Crippen LogP contribution in [0.3, 0.4) is 0 Å². The van der Waals surface area contributed by atoms with Gasteiger partial charge in [-0.25, -0.2) is 0 Å². The van der Waals surface area contributed by atoms with Crippen LogP contribution in [0, 0.1) is 11.8 Å². The van der Waals surface area contributed by atoms with Crippen molar-refractivity contribution in [3.63, 3.8) is 0 Å². The van der Waals surface area contributed by atoms with Crippen molar-refractivity contribution in [2.75, 3.05) is 11.9 Å². The minimum Gasteiger partial charge on any atom is -0.324 e. The predicted molar refractivity (Wildman–Crippen MR) is 78.7 cm³/mol. The monoisotopic (exact) mass is 299 g/mol. The van der Waals surface area contributed by atoms with E-state index in [4.69, 9.17) is 0 Å². The summed E-state index contributed by atoms with van der Waals surface area (Å²) in [6.45, 7) is 3.99. The molecule has 3 amide bonds. The van der Waals surface area contributed by atoms with Gasteiger partial charge in [0.2, 0.25) is 17.7 Å². The Labute approximate surface area is 127 Å². The lowest BCUT2D eigenvalue weighted by molar-refractivity contribution is -0.142. The SMILES string of the molecule is CCN1C(=O)[C@@H]2[C@H](C)N[C@]3(C(=O)Nc4ccccc43)[C@@H]2C1=O. The van der Waals surface area contributed by atoms with Crippen molar-refractivity contribution in [3.8, 4) is 0 Å². The van der Waals surface area contributed by atoms with Crippen LogP contribution in [-0.4, -0.2) is 35.2 Å². The molecule has 4 atom stereocenters. The molecule has 1 spiro atoms. The summed E-state index contributed by atoms with van der Waals surface area (Å²) in [6, 6.07) is 7.13. The first kappa shape index (κ1) is 13.5. The number of hydrogen-bond donors (Lipinski definition) is 2. The Balaban J connectivity index is 1.92. The van der Waals surface area contributed by atoms with E-state index in [1.54, 1.807) is 6.92 Å². The molecule has 4 rings (SSSR count). The summed E-state index contributed by atoms with van der Waals surface area (Å²) in [4.78, 5) is 39.3.